The molecule has 0 radical (unpaired) electrons. The van der Waals surface area contributed by atoms with Crippen LogP contribution in [0.15, 0.2) is 52.1 Å². The van der Waals surface area contributed by atoms with E-state index in [0.717, 1.165) is 27.1 Å². The molecule has 0 saturated heterocycles. The van der Waals surface area contributed by atoms with E-state index < -0.39 is 0 Å². The third kappa shape index (κ3) is 5.12. The number of hydrogen-bond donors (Lipinski definition) is 1. The zero-order chi connectivity index (χ0) is 20.2. The molecule has 2 aromatic carbocycles. The van der Waals surface area contributed by atoms with Gasteiger partial charge in [0.1, 0.15) is 5.75 Å². The zero-order valence-electron chi connectivity index (χ0n) is 15.8. The van der Waals surface area contributed by atoms with Crippen LogP contribution >= 0.6 is 23.1 Å². The molecular weight excluding hydrogens is 408 g/mol. The van der Waals surface area contributed by atoms with Crippen LogP contribution in [-0.4, -0.2) is 26.8 Å². The molecule has 148 valence electrons. The highest BCUT2D eigenvalue weighted by molar-refractivity contribution is 7.99. The highest BCUT2D eigenvalue weighted by Gasteiger charge is 2.12. The molecule has 0 bridgehead atoms. The number of fused-ring (bicyclic) bond motifs is 1. The van der Waals surface area contributed by atoms with Crippen molar-refractivity contribution in [1.82, 2.24) is 15.2 Å². The number of ether oxygens (including phenoxy) is 1. The number of para-hydroxylation sites is 1. The minimum Gasteiger partial charge on any atom is -0.484 e. The summed E-state index contributed by atoms with van der Waals surface area (Å²) in [6.07, 6.45) is 0. The molecule has 2 heterocycles. The van der Waals surface area contributed by atoms with E-state index in [1.54, 1.807) is 0 Å². The van der Waals surface area contributed by atoms with Crippen molar-refractivity contribution >= 4 is 44.4 Å². The normalized spacial score (nSPS) is 11.0. The van der Waals surface area contributed by atoms with E-state index >= 15 is 0 Å². The maximum atomic E-state index is 12.2. The molecule has 0 aliphatic heterocycles. The number of thioether (sulfide) groups is 1. The molecule has 9 heteroatoms. The quantitative estimate of drug-likeness (QED) is 0.432. The number of carbonyl (C=O) groups excluding carboxylic acids is 1. The average molecular weight is 427 g/mol. The van der Waals surface area contributed by atoms with E-state index in [1.807, 2.05) is 50.2 Å². The Morgan fingerprint density at radius 2 is 1.97 bits per heavy atom. The monoisotopic (exact) mass is 426 g/mol. The topological polar surface area (TPSA) is 90.1 Å². The Balaban J connectivity index is 1.28. The molecule has 1 amide bonds. The van der Waals surface area contributed by atoms with Gasteiger partial charge in [-0.2, -0.15) is 0 Å². The van der Waals surface area contributed by atoms with Gasteiger partial charge >= 0.3 is 0 Å². The minimum absolute atomic E-state index is 0.148. The number of carbonyl (C=O) groups is 1. The lowest BCUT2D eigenvalue weighted by Gasteiger charge is -2.05. The Morgan fingerprint density at radius 3 is 2.76 bits per heavy atom. The van der Waals surface area contributed by atoms with Crippen molar-refractivity contribution in [3.8, 4) is 5.75 Å². The molecular formula is C20H18N4O3S2. The van der Waals surface area contributed by atoms with Crippen molar-refractivity contribution in [2.45, 2.75) is 25.7 Å². The van der Waals surface area contributed by atoms with Gasteiger partial charge in [-0.3, -0.25) is 4.79 Å². The predicted octanol–water partition coefficient (Wildman–Crippen LogP) is 4.61. The van der Waals surface area contributed by atoms with Crippen molar-refractivity contribution in [3.05, 3.63) is 59.5 Å². The first-order valence-corrected chi connectivity index (χ1v) is 10.7. The summed E-state index contributed by atoms with van der Waals surface area (Å²) in [5, 5.41) is 11.6. The standard InChI is InChI=1S/C20H18N4O3S2/c1-12-7-13(2)9-14(8-12)26-10-18-23-24-20(27-18)28-11-17(25)22-19-21-15-5-3-4-6-16(15)29-19/h3-9H,10-11H2,1-2H3,(H,21,22,25). The summed E-state index contributed by atoms with van der Waals surface area (Å²) in [6, 6.07) is 13.7. The van der Waals surface area contributed by atoms with Crippen LogP contribution in [0.5, 0.6) is 5.75 Å². The van der Waals surface area contributed by atoms with Crippen LogP contribution in [-0.2, 0) is 11.4 Å². The van der Waals surface area contributed by atoms with Crippen LogP contribution in [0.25, 0.3) is 10.2 Å². The number of aryl methyl sites for hydroxylation is 2. The fraction of sp³-hybridized carbons (Fsp3) is 0.200. The molecule has 0 unspecified atom stereocenters. The van der Waals surface area contributed by atoms with Gasteiger partial charge in [-0.05, 0) is 49.2 Å². The number of hydrogen-bond acceptors (Lipinski definition) is 8. The van der Waals surface area contributed by atoms with Gasteiger partial charge in [-0.1, -0.05) is 41.3 Å². The first-order valence-electron chi connectivity index (χ1n) is 8.87. The number of benzene rings is 2. The van der Waals surface area contributed by atoms with Crippen molar-refractivity contribution < 1.29 is 13.9 Å². The summed E-state index contributed by atoms with van der Waals surface area (Å²) in [5.74, 6) is 1.08. The molecule has 29 heavy (non-hydrogen) atoms. The lowest BCUT2D eigenvalue weighted by Crippen LogP contribution is -2.13. The van der Waals surface area contributed by atoms with Crippen molar-refractivity contribution in [3.63, 3.8) is 0 Å². The smallest absolute Gasteiger partial charge is 0.277 e. The van der Waals surface area contributed by atoms with Crippen LogP contribution < -0.4 is 10.1 Å². The number of anilines is 1. The van der Waals surface area contributed by atoms with Gasteiger partial charge in [-0.25, -0.2) is 4.98 Å². The Morgan fingerprint density at radius 1 is 1.17 bits per heavy atom. The largest absolute Gasteiger partial charge is 0.484 e. The van der Waals surface area contributed by atoms with E-state index in [1.165, 1.54) is 23.1 Å². The maximum absolute atomic E-state index is 12.2. The fourth-order valence-corrected chi connectivity index (χ4v) is 4.19. The lowest BCUT2D eigenvalue weighted by molar-refractivity contribution is -0.113. The summed E-state index contributed by atoms with van der Waals surface area (Å²) >= 11 is 2.61. The number of nitrogens with zero attached hydrogens (tertiary/aromatic N) is 3. The summed E-state index contributed by atoms with van der Waals surface area (Å²) in [5.41, 5.74) is 3.12. The first kappa shape index (κ1) is 19.4. The molecule has 4 rings (SSSR count). The molecule has 7 nitrogen and oxygen atoms in total. The van der Waals surface area contributed by atoms with Crippen LogP contribution in [0, 0.1) is 13.8 Å². The molecule has 0 atom stereocenters. The molecule has 1 N–H and O–H groups in total. The predicted molar refractivity (Wildman–Crippen MR) is 114 cm³/mol. The van der Waals surface area contributed by atoms with Gasteiger partial charge in [-0.15, -0.1) is 10.2 Å². The van der Waals surface area contributed by atoms with Gasteiger partial charge in [0.25, 0.3) is 11.1 Å². The van der Waals surface area contributed by atoms with Crippen LogP contribution in [0.1, 0.15) is 17.0 Å². The lowest BCUT2D eigenvalue weighted by atomic mass is 10.1. The summed E-state index contributed by atoms with van der Waals surface area (Å²) in [7, 11) is 0. The number of thiazole rings is 1. The minimum atomic E-state index is -0.180. The zero-order valence-corrected chi connectivity index (χ0v) is 17.5. The van der Waals surface area contributed by atoms with Crippen molar-refractivity contribution in [1.29, 1.82) is 0 Å². The Labute approximate surface area is 175 Å². The van der Waals surface area contributed by atoms with Crippen molar-refractivity contribution in [2.24, 2.45) is 0 Å². The highest BCUT2D eigenvalue weighted by atomic mass is 32.2. The maximum Gasteiger partial charge on any atom is 0.277 e. The summed E-state index contributed by atoms with van der Waals surface area (Å²) in [6.45, 7) is 4.20. The molecule has 0 spiro atoms. The summed E-state index contributed by atoms with van der Waals surface area (Å²) < 4.78 is 12.3. The summed E-state index contributed by atoms with van der Waals surface area (Å²) in [4.78, 5) is 16.6. The molecule has 2 aromatic heterocycles. The third-order valence-electron chi connectivity index (χ3n) is 3.87. The second-order valence-electron chi connectivity index (χ2n) is 6.40. The van der Waals surface area contributed by atoms with E-state index in [-0.39, 0.29) is 18.3 Å². The van der Waals surface area contributed by atoms with Gasteiger partial charge in [0, 0.05) is 0 Å². The SMILES string of the molecule is Cc1cc(C)cc(OCc2nnc(SCC(=O)Nc3nc4ccccc4s3)o2)c1. The number of nitrogens with one attached hydrogen (secondary N) is 1. The van der Waals surface area contributed by atoms with Gasteiger partial charge < -0.3 is 14.5 Å². The molecule has 0 fully saturated rings. The van der Waals surface area contributed by atoms with Gasteiger partial charge in [0.05, 0.1) is 16.0 Å². The Bertz CT molecular complexity index is 1100. The van der Waals surface area contributed by atoms with Gasteiger partial charge in [0.2, 0.25) is 5.91 Å². The van der Waals surface area contributed by atoms with E-state index in [2.05, 4.69) is 26.6 Å². The second-order valence-corrected chi connectivity index (χ2v) is 8.35. The Kier molecular flexibility index (Phi) is 5.77. The average Bonchev–Trinajstić information content (AvgIpc) is 3.30. The molecule has 4 aromatic rings. The molecule has 0 saturated carbocycles. The number of aromatic nitrogens is 3. The second kappa shape index (κ2) is 8.62. The number of rotatable bonds is 7. The first-order chi connectivity index (χ1) is 14.0. The molecule has 0 aliphatic carbocycles. The van der Waals surface area contributed by atoms with E-state index in [9.17, 15) is 4.79 Å². The van der Waals surface area contributed by atoms with Crippen LogP contribution in [0.4, 0.5) is 5.13 Å². The van der Waals surface area contributed by atoms with Crippen LogP contribution in [0.3, 0.4) is 0 Å². The fourth-order valence-electron chi connectivity index (χ4n) is 2.72. The molecule has 0 aliphatic rings. The van der Waals surface area contributed by atoms with E-state index in [4.69, 9.17) is 9.15 Å². The number of amides is 1. The van der Waals surface area contributed by atoms with Crippen molar-refractivity contribution in [2.75, 3.05) is 11.1 Å². The Hall–Kier alpha value is -2.91. The van der Waals surface area contributed by atoms with Gasteiger partial charge in [0.15, 0.2) is 11.7 Å². The highest BCUT2D eigenvalue weighted by Crippen LogP contribution is 2.26. The third-order valence-corrected chi connectivity index (χ3v) is 5.64. The van der Waals surface area contributed by atoms with Crippen LogP contribution in [0.2, 0.25) is 0 Å². The van der Waals surface area contributed by atoms with E-state index in [0.29, 0.717) is 16.2 Å².